The highest BCUT2D eigenvalue weighted by atomic mass is 35.5. The smallest absolute Gasteiger partial charge is 0.141 e. The first kappa shape index (κ1) is 11.9. The van der Waals surface area contributed by atoms with Gasteiger partial charge in [0.05, 0.1) is 5.02 Å². The Morgan fingerprint density at radius 2 is 1.95 bits per heavy atom. The molecule has 0 amide bonds. The predicted octanol–water partition coefficient (Wildman–Crippen LogP) is 3.52. The van der Waals surface area contributed by atoms with Crippen LogP contribution in [0.25, 0.3) is 16.9 Å². The van der Waals surface area contributed by atoms with Gasteiger partial charge >= 0.3 is 0 Å². The number of nitrogens with zero attached hydrogens (tertiary/aromatic N) is 2. The van der Waals surface area contributed by atoms with Gasteiger partial charge in [-0.3, -0.25) is 4.40 Å². The molecule has 0 aliphatic rings. The second-order valence-corrected chi connectivity index (χ2v) is 4.46. The third kappa shape index (κ3) is 1.92. The van der Waals surface area contributed by atoms with Crippen molar-refractivity contribution in [3.05, 3.63) is 53.2 Å². The number of anilines is 1. The number of aromatic nitrogens is 2. The van der Waals surface area contributed by atoms with Crippen molar-refractivity contribution < 1.29 is 8.78 Å². The number of nitrogen functional groups attached to an aromatic ring is 1. The van der Waals surface area contributed by atoms with Crippen molar-refractivity contribution in [1.82, 2.24) is 9.38 Å². The Hall–Kier alpha value is -2.14. The fourth-order valence-electron chi connectivity index (χ4n) is 1.89. The van der Waals surface area contributed by atoms with E-state index in [1.54, 1.807) is 0 Å². The van der Waals surface area contributed by atoms with E-state index >= 15 is 0 Å². The molecule has 0 radical (unpaired) electrons. The maximum absolute atomic E-state index is 13.2. The summed E-state index contributed by atoms with van der Waals surface area (Å²) in [4.78, 5) is 4.28. The van der Waals surface area contributed by atoms with E-state index in [4.69, 9.17) is 17.3 Å². The van der Waals surface area contributed by atoms with Crippen molar-refractivity contribution in [3.8, 4) is 11.3 Å². The van der Waals surface area contributed by atoms with E-state index in [2.05, 4.69) is 4.98 Å². The van der Waals surface area contributed by atoms with Crippen LogP contribution >= 0.6 is 11.6 Å². The van der Waals surface area contributed by atoms with E-state index in [-0.39, 0.29) is 10.8 Å². The summed E-state index contributed by atoms with van der Waals surface area (Å²) in [5.41, 5.74) is 7.45. The van der Waals surface area contributed by atoms with E-state index in [9.17, 15) is 8.78 Å². The van der Waals surface area contributed by atoms with E-state index in [1.807, 2.05) is 0 Å². The molecule has 0 bridgehead atoms. The first-order valence-corrected chi connectivity index (χ1v) is 5.82. The van der Waals surface area contributed by atoms with Gasteiger partial charge < -0.3 is 5.73 Å². The average Bonchev–Trinajstić information content (AvgIpc) is 2.70. The first-order chi connectivity index (χ1) is 9.06. The Morgan fingerprint density at radius 3 is 2.68 bits per heavy atom. The van der Waals surface area contributed by atoms with E-state index < -0.39 is 11.6 Å². The van der Waals surface area contributed by atoms with Crippen LogP contribution in [0.15, 0.2) is 36.5 Å². The summed E-state index contributed by atoms with van der Waals surface area (Å²) in [5, 5.41) is -0.0138. The van der Waals surface area contributed by atoms with Crippen LogP contribution in [0.2, 0.25) is 5.02 Å². The van der Waals surface area contributed by atoms with Gasteiger partial charge in [0.25, 0.3) is 0 Å². The summed E-state index contributed by atoms with van der Waals surface area (Å²) in [6.45, 7) is 0. The second kappa shape index (κ2) is 4.20. The lowest BCUT2D eigenvalue weighted by atomic mass is 10.1. The molecule has 0 atom stereocenters. The zero-order chi connectivity index (χ0) is 13.6. The van der Waals surface area contributed by atoms with Crippen molar-refractivity contribution in [2.24, 2.45) is 0 Å². The zero-order valence-corrected chi connectivity index (χ0v) is 10.3. The van der Waals surface area contributed by atoms with Crippen LogP contribution in [0.1, 0.15) is 0 Å². The molecule has 0 aliphatic carbocycles. The van der Waals surface area contributed by atoms with E-state index in [1.165, 1.54) is 40.9 Å². The third-order valence-corrected chi connectivity index (χ3v) is 3.10. The van der Waals surface area contributed by atoms with Crippen LogP contribution in [0, 0.1) is 11.6 Å². The minimum atomic E-state index is -0.515. The van der Waals surface area contributed by atoms with Crippen molar-refractivity contribution >= 4 is 23.1 Å². The van der Waals surface area contributed by atoms with Crippen LogP contribution in [0.4, 0.5) is 14.6 Å². The second-order valence-electron chi connectivity index (χ2n) is 4.05. The number of hydrogen-bond acceptors (Lipinski definition) is 2. The van der Waals surface area contributed by atoms with Crippen molar-refractivity contribution in [1.29, 1.82) is 0 Å². The highest BCUT2D eigenvalue weighted by molar-refractivity contribution is 6.31. The zero-order valence-electron chi connectivity index (χ0n) is 9.57. The molecule has 0 aliphatic heterocycles. The molecule has 3 rings (SSSR count). The molecular weight excluding hydrogens is 272 g/mol. The quantitative estimate of drug-likeness (QED) is 0.741. The Kier molecular flexibility index (Phi) is 2.64. The average molecular weight is 280 g/mol. The van der Waals surface area contributed by atoms with Crippen LogP contribution in [0.5, 0.6) is 0 Å². The molecule has 0 fully saturated rings. The SMILES string of the molecule is Nc1c(-c2ccc(F)c(Cl)c2)nc2ccc(F)cn12. The summed E-state index contributed by atoms with van der Waals surface area (Å²) in [7, 11) is 0. The molecule has 0 saturated heterocycles. The number of hydrogen-bond donors (Lipinski definition) is 1. The fourth-order valence-corrected chi connectivity index (χ4v) is 2.07. The molecule has 2 aromatic heterocycles. The molecule has 19 heavy (non-hydrogen) atoms. The molecule has 0 spiro atoms. The van der Waals surface area contributed by atoms with Crippen molar-refractivity contribution in [2.75, 3.05) is 5.73 Å². The molecule has 2 heterocycles. The minimum Gasteiger partial charge on any atom is -0.383 e. The molecule has 1 aromatic carbocycles. The monoisotopic (exact) mass is 279 g/mol. The fraction of sp³-hybridized carbons (Fsp3) is 0. The molecule has 2 N–H and O–H groups in total. The third-order valence-electron chi connectivity index (χ3n) is 2.81. The van der Waals surface area contributed by atoms with Gasteiger partial charge in [0.1, 0.15) is 28.8 Å². The highest BCUT2D eigenvalue weighted by Crippen LogP contribution is 2.29. The summed E-state index contributed by atoms with van der Waals surface area (Å²) < 4.78 is 27.7. The summed E-state index contributed by atoms with van der Waals surface area (Å²) in [6.07, 6.45) is 1.24. The Bertz CT molecular complexity index is 783. The number of rotatable bonds is 1. The van der Waals surface area contributed by atoms with Crippen LogP contribution in [-0.4, -0.2) is 9.38 Å². The van der Waals surface area contributed by atoms with E-state index in [0.29, 0.717) is 16.9 Å². The van der Waals surface area contributed by atoms with Gasteiger partial charge in [-0.15, -0.1) is 0 Å². The van der Waals surface area contributed by atoms with Crippen molar-refractivity contribution in [2.45, 2.75) is 0 Å². The molecule has 6 heteroatoms. The lowest BCUT2D eigenvalue weighted by Gasteiger charge is -2.01. The lowest BCUT2D eigenvalue weighted by molar-refractivity contribution is 0.619. The number of fused-ring (bicyclic) bond motifs is 1. The number of imidazole rings is 1. The number of pyridine rings is 1. The number of halogens is 3. The van der Waals surface area contributed by atoms with Gasteiger partial charge in [-0.05, 0) is 30.3 Å². The maximum atomic E-state index is 13.2. The number of benzene rings is 1. The standard InChI is InChI=1S/C13H8ClF2N3/c14-9-5-7(1-3-10(9)16)12-13(17)19-6-8(15)2-4-11(19)18-12/h1-6H,17H2. The van der Waals surface area contributed by atoms with Gasteiger partial charge in [0.2, 0.25) is 0 Å². The topological polar surface area (TPSA) is 43.3 Å². The number of nitrogens with two attached hydrogens (primary N) is 1. The molecular formula is C13H8ClF2N3. The summed E-state index contributed by atoms with van der Waals surface area (Å²) in [6, 6.07) is 7.01. The molecule has 3 aromatic rings. The molecule has 0 saturated carbocycles. The van der Waals surface area contributed by atoms with Crippen molar-refractivity contribution in [3.63, 3.8) is 0 Å². The molecule has 0 unspecified atom stereocenters. The minimum absolute atomic E-state index is 0.0138. The van der Waals surface area contributed by atoms with Gasteiger partial charge in [-0.1, -0.05) is 11.6 Å². The first-order valence-electron chi connectivity index (χ1n) is 5.45. The van der Waals surface area contributed by atoms with Gasteiger partial charge in [-0.25, -0.2) is 13.8 Å². The predicted molar refractivity (Wildman–Crippen MR) is 70.0 cm³/mol. The highest BCUT2D eigenvalue weighted by Gasteiger charge is 2.13. The Morgan fingerprint density at radius 1 is 1.16 bits per heavy atom. The molecule has 3 nitrogen and oxygen atoms in total. The molecule has 96 valence electrons. The van der Waals surface area contributed by atoms with Crippen LogP contribution < -0.4 is 5.73 Å². The summed E-state index contributed by atoms with van der Waals surface area (Å²) >= 11 is 5.73. The largest absolute Gasteiger partial charge is 0.383 e. The Labute approximate surface area is 112 Å². The van der Waals surface area contributed by atoms with E-state index in [0.717, 1.165) is 0 Å². The van der Waals surface area contributed by atoms with Crippen LogP contribution in [0.3, 0.4) is 0 Å². The summed E-state index contributed by atoms with van der Waals surface area (Å²) in [5.74, 6) is -0.656. The van der Waals surface area contributed by atoms with Gasteiger partial charge in [-0.2, -0.15) is 0 Å². The Balaban J connectivity index is 2.24. The van der Waals surface area contributed by atoms with Crippen LogP contribution in [-0.2, 0) is 0 Å². The van der Waals surface area contributed by atoms with Gasteiger partial charge in [0, 0.05) is 11.8 Å². The van der Waals surface area contributed by atoms with Gasteiger partial charge in [0.15, 0.2) is 0 Å². The normalized spacial score (nSPS) is 11.1. The maximum Gasteiger partial charge on any atom is 0.141 e. The lowest BCUT2D eigenvalue weighted by Crippen LogP contribution is -1.95.